The summed E-state index contributed by atoms with van der Waals surface area (Å²) in [6.07, 6.45) is 3.67. The minimum absolute atomic E-state index is 0.0708. The molecule has 0 bridgehead atoms. The summed E-state index contributed by atoms with van der Waals surface area (Å²) >= 11 is 0. The van der Waals surface area contributed by atoms with E-state index in [1.54, 1.807) is 0 Å². The Bertz CT molecular complexity index is 552. The van der Waals surface area contributed by atoms with Crippen LogP contribution >= 0.6 is 0 Å². The number of carbonyl (C=O) groups excluding carboxylic acids is 2. The monoisotopic (exact) mass is 382 g/mol. The van der Waals surface area contributed by atoms with Gasteiger partial charge in [-0.05, 0) is 43.9 Å². The van der Waals surface area contributed by atoms with Crippen LogP contribution in [0.15, 0.2) is 0 Å². The van der Waals surface area contributed by atoms with Crippen LogP contribution in [0.1, 0.15) is 39.0 Å². The molecule has 3 aliphatic heterocycles. The molecule has 2 atom stereocenters. The van der Waals surface area contributed by atoms with E-state index in [1.807, 2.05) is 9.80 Å². The van der Waals surface area contributed by atoms with Crippen molar-refractivity contribution in [1.29, 1.82) is 0 Å². The number of carboxylic acid groups (broad SMARTS) is 1. The minimum atomic E-state index is -0.771. The molecule has 3 heterocycles. The fourth-order valence-electron chi connectivity index (χ4n) is 4.49. The number of hydrogen-bond donors (Lipinski definition) is 1. The van der Waals surface area contributed by atoms with E-state index >= 15 is 0 Å². The molecule has 0 spiro atoms. The van der Waals surface area contributed by atoms with Crippen LogP contribution in [0.2, 0.25) is 0 Å². The molecule has 8 nitrogen and oxygen atoms in total. The number of rotatable bonds is 4. The number of hydrogen-bond acceptors (Lipinski definition) is 5. The molecule has 3 aliphatic rings. The van der Waals surface area contributed by atoms with Gasteiger partial charge >= 0.3 is 18.0 Å². The molecule has 0 aromatic carbocycles. The van der Waals surface area contributed by atoms with Crippen molar-refractivity contribution in [3.05, 3.63) is 0 Å². The van der Waals surface area contributed by atoms with E-state index < -0.39 is 11.9 Å². The van der Waals surface area contributed by atoms with Gasteiger partial charge in [-0.15, -0.1) is 0 Å². The van der Waals surface area contributed by atoms with Crippen LogP contribution in [-0.2, 0) is 19.1 Å². The van der Waals surface area contributed by atoms with Gasteiger partial charge in [-0.2, -0.15) is 0 Å². The summed E-state index contributed by atoms with van der Waals surface area (Å²) in [5.41, 5.74) is 0. The van der Waals surface area contributed by atoms with E-state index in [4.69, 9.17) is 9.47 Å². The van der Waals surface area contributed by atoms with Crippen molar-refractivity contribution >= 4 is 18.0 Å². The van der Waals surface area contributed by atoms with Crippen LogP contribution in [0.3, 0.4) is 0 Å². The second kappa shape index (κ2) is 8.91. The Balaban J connectivity index is 1.43. The van der Waals surface area contributed by atoms with Gasteiger partial charge in [0.1, 0.15) is 0 Å². The highest BCUT2D eigenvalue weighted by Gasteiger charge is 2.41. The summed E-state index contributed by atoms with van der Waals surface area (Å²) in [5.74, 6) is -0.892. The third-order valence-electron chi connectivity index (χ3n) is 6.14. The van der Waals surface area contributed by atoms with Gasteiger partial charge in [0.2, 0.25) is 0 Å². The van der Waals surface area contributed by atoms with Crippen molar-refractivity contribution in [3.8, 4) is 0 Å². The van der Waals surface area contributed by atoms with Crippen molar-refractivity contribution < 1.29 is 29.0 Å². The van der Waals surface area contributed by atoms with E-state index in [0.717, 1.165) is 25.7 Å². The largest absolute Gasteiger partial charge is 0.481 e. The maximum Gasteiger partial charge on any atom is 0.319 e. The topological polar surface area (TPSA) is 96.4 Å². The maximum atomic E-state index is 12.8. The lowest BCUT2D eigenvalue weighted by molar-refractivity contribution is -0.145. The Labute approximate surface area is 159 Å². The highest BCUT2D eigenvalue weighted by molar-refractivity contribution is 5.74. The van der Waals surface area contributed by atoms with Crippen molar-refractivity contribution in [1.82, 2.24) is 9.80 Å². The van der Waals surface area contributed by atoms with E-state index in [-0.39, 0.29) is 24.0 Å². The summed E-state index contributed by atoms with van der Waals surface area (Å²) in [6, 6.07) is 0.0708. The number of aliphatic carboxylic acids is 1. The second-order valence-corrected chi connectivity index (χ2v) is 7.91. The number of carbonyl (C=O) groups is 3. The van der Waals surface area contributed by atoms with Gasteiger partial charge < -0.3 is 24.4 Å². The quantitative estimate of drug-likeness (QED) is 0.742. The third-order valence-corrected chi connectivity index (χ3v) is 6.14. The normalized spacial score (nSPS) is 27.6. The highest BCUT2D eigenvalue weighted by atomic mass is 16.5. The molecule has 0 aromatic rings. The number of likely N-dealkylation sites (tertiary alicyclic amines) is 2. The highest BCUT2D eigenvalue weighted by Crippen LogP contribution is 2.33. The summed E-state index contributed by atoms with van der Waals surface area (Å²) in [4.78, 5) is 38.8. The van der Waals surface area contributed by atoms with Crippen LogP contribution in [0.25, 0.3) is 0 Å². The van der Waals surface area contributed by atoms with Gasteiger partial charge in [0.15, 0.2) is 0 Å². The van der Waals surface area contributed by atoms with Crippen LogP contribution in [0, 0.1) is 17.8 Å². The molecule has 3 rings (SSSR count). The standard InChI is InChI=1S/C19H30N2O6/c1-13(22)27-12-14-2-7-20(8-3-14)19(25)21-9-4-15(5-10-21)17-16(18(23)24)6-11-26-17/h14-17H,2-12H2,1H3,(H,23,24)/t16-,17+/m1/s1. The van der Waals surface area contributed by atoms with Gasteiger partial charge in [0.05, 0.1) is 18.6 Å². The molecule has 27 heavy (non-hydrogen) atoms. The zero-order valence-corrected chi connectivity index (χ0v) is 16.0. The van der Waals surface area contributed by atoms with Crippen LogP contribution in [-0.4, -0.2) is 78.4 Å². The number of urea groups is 1. The van der Waals surface area contributed by atoms with Crippen LogP contribution in [0.4, 0.5) is 4.79 Å². The molecule has 1 N–H and O–H groups in total. The molecule has 8 heteroatoms. The van der Waals surface area contributed by atoms with Gasteiger partial charge in [0.25, 0.3) is 0 Å². The fraction of sp³-hybridized carbons (Fsp3) is 0.842. The van der Waals surface area contributed by atoms with E-state index in [9.17, 15) is 19.5 Å². The van der Waals surface area contributed by atoms with Gasteiger partial charge in [-0.3, -0.25) is 9.59 Å². The first-order valence-electron chi connectivity index (χ1n) is 9.97. The lowest BCUT2D eigenvalue weighted by Crippen LogP contribution is -2.50. The Morgan fingerprint density at radius 3 is 2.15 bits per heavy atom. The number of nitrogens with zero attached hydrogens (tertiary/aromatic N) is 2. The molecule has 152 valence electrons. The summed E-state index contributed by atoms with van der Waals surface area (Å²) < 4.78 is 10.8. The molecular weight excluding hydrogens is 352 g/mol. The Kier molecular flexibility index (Phi) is 6.57. The molecule has 3 fully saturated rings. The first kappa shape index (κ1) is 19.9. The lowest BCUT2D eigenvalue weighted by atomic mass is 9.84. The van der Waals surface area contributed by atoms with Gasteiger partial charge in [-0.25, -0.2) is 4.79 Å². The smallest absolute Gasteiger partial charge is 0.319 e. The number of esters is 1. The average Bonchev–Trinajstić information content (AvgIpc) is 3.16. The first-order chi connectivity index (χ1) is 13.0. The third kappa shape index (κ3) is 4.91. The molecule has 0 saturated carbocycles. The molecule has 0 aliphatic carbocycles. The molecular formula is C19H30N2O6. The minimum Gasteiger partial charge on any atom is -0.481 e. The Morgan fingerprint density at radius 1 is 1.00 bits per heavy atom. The molecule has 2 amide bonds. The van der Waals surface area contributed by atoms with Crippen molar-refractivity contribution in [2.45, 2.75) is 45.1 Å². The van der Waals surface area contributed by atoms with Crippen LogP contribution in [0.5, 0.6) is 0 Å². The summed E-state index contributed by atoms with van der Waals surface area (Å²) in [6.45, 7) is 5.07. The molecule has 0 radical (unpaired) electrons. The van der Waals surface area contributed by atoms with Gasteiger partial charge in [-0.1, -0.05) is 0 Å². The molecule has 0 aromatic heterocycles. The predicted molar refractivity (Wildman–Crippen MR) is 96.1 cm³/mol. The summed E-state index contributed by atoms with van der Waals surface area (Å²) in [7, 11) is 0. The second-order valence-electron chi connectivity index (χ2n) is 7.91. The number of ether oxygens (including phenoxy) is 2. The zero-order valence-electron chi connectivity index (χ0n) is 16.0. The first-order valence-corrected chi connectivity index (χ1v) is 9.97. The summed E-state index contributed by atoms with van der Waals surface area (Å²) in [5, 5.41) is 9.34. The maximum absolute atomic E-state index is 12.8. The SMILES string of the molecule is CC(=O)OCC1CCN(C(=O)N2CCC([C@@H]3OCC[C@H]3C(=O)O)CC2)CC1. The van der Waals surface area contributed by atoms with Crippen molar-refractivity contribution in [2.24, 2.45) is 17.8 Å². The van der Waals surface area contributed by atoms with Crippen LogP contribution < -0.4 is 0 Å². The number of amides is 2. The van der Waals surface area contributed by atoms with E-state index in [1.165, 1.54) is 6.92 Å². The molecule has 0 unspecified atom stereocenters. The lowest BCUT2D eigenvalue weighted by Gasteiger charge is -2.40. The molecule has 3 saturated heterocycles. The van der Waals surface area contributed by atoms with Gasteiger partial charge in [0, 0.05) is 39.7 Å². The van der Waals surface area contributed by atoms with Crippen molar-refractivity contribution in [2.75, 3.05) is 39.4 Å². The average molecular weight is 382 g/mol. The Hall–Kier alpha value is -1.83. The van der Waals surface area contributed by atoms with Crippen molar-refractivity contribution in [3.63, 3.8) is 0 Å². The fourth-order valence-corrected chi connectivity index (χ4v) is 4.49. The van der Waals surface area contributed by atoms with E-state index in [2.05, 4.69) is 0 Å². The Morgan fingerprint density at radius 2 is 1.59 bits per heavy atom. The van der Waals surface area contributed by atoms with E-state index in [0.29, 0.717) is 51.7 Å². The number of piperidine rings is 2. The number of carboxylic acids is 1. The predicted octanol–water partition coefficient (Wildman–Crippen LogP) is 1.58. The zero-order chi connectivity index (χ0) is 19.4.